The molecule has 0 aromatic carbocycles. The molecule has 3 nitrogen and oxygen atoms in total. The lowest BCUT2D eigenvalue weighted by molar-refractivity contribution is -0.143. The normalized spacial score (nSPS) is 22.2. The van der Waals surface area contributed by atoms with Gasteiger partial charge in [0, 0.05) is 37.7 Å². The summed E-state index contributed by atoms with van der Waals surface area (Å²) in [4.78, 5) is 13.8. The molecule has 0 bridgehead atoms. The Hall–Kier alpha value is -0.420. The Morgan fingerprint density at radius 2 is 2.21 bits per heavy atom. The summed E-state index contributed by atoms with van der Waals surface area (Å²) >= 11 is 5.48. The number of amides is 1. The zero-order valence-electron chi connectivity index (χ0n) is 11.3. The Morgan fingerprint density at radius 3 is 2.79 bits per heavy atom. The second-order valence-corrected chi connectivity index (χ2v) is 5.25. The van der Waals surface area contributed by atoms with Crippen molar-refractivity contribution in [3.05, 3.63) is 0 Å². The number of alkyl halides is 3. The van der Waals surface area contributed by atoms with E-state index in [4.69, 9.17) is 16.3 Å². The molecule has 1 aliphatic carbocycles. The van der Waals surface area contributed by atoms with Gasteiger partial charge in [0.1, 0.15) is 0 Å². The number of likely N-dealkylation sites (N-methyl/N-ethyl adjacent to an activating group) is 1. The number of carbonyl (C=O) groups excluding carboxylic acids is 1. The van der Waals surface area contributed by atoms with E-state index < -0.39 is 11.8 Å². The number of nitrogens with zero attached hydrogens (tertiary/aromatic N) is 1. The van der Waals surface area contributed by atoms with Crippen molar-refractivity contribution in [3.8, 4) is 0 Å². The van der Waals surface area contributed by atoms with Gasteiger partial charge < -0.3 is 9.64 Å². The maximum atomic E-state index is 13.3. The highest BCUT2D eigenvalue weighted by Crippen LogP contribution is 2.37. The fourth-order valence-corrected chi connectivity index (χ4v) is 2.51. The number of rotatable bonds is 7. The molecule has 0 saturated heterocycles. The molecule has 1 aliphatic rings. The first-order valence-corrected chi connectivity index (χ1v) is 7.34. The topological polar surface area (TPSA) is 29.5 Å². The standard InChI is InChI=1S/C13H22ClF2NO2/c1-2-17(7-9-19-8-6-14)12(18)11-4-3-5-13(15,16)10-11/h11H,2-10H2,1H3. The van der Waals surface area contributed by atoms with Crippen molar-refractivity contribution in [1.82, 2.24) is 4.90 Å². The summed E-state index contributed by atoms with van der Waals surface area (Å²) in [5.74, 6) is -2.99. The van der Waals surface area contributed by atoms with E-state index in [0.717, 1.165) is 0 Å². The second kappa shape index (κ2) is 8.00. The number of halogens is 3. The first-order valence-electron chi connectivity index (χ1n) is 6.80. The van der Waals surface area contributed by atoms with Gasteiger partial charge in [-0.05, 0) is 19.8 Å². The quantitative estimate of drug-likeness (QED) is 0.534. The predicted octanol–water partition coefficient (Wildman–Crippen LogP) is 2.92. The first-order chi connectivity index (χ1) is 9.00. The zero-order chi connectivity index (χ0) is 14.3. The van der Waals surface area contributed by atoms with E-state index >= 15 is 0 Å². The van der Waals surface area contributed by atoms with Crippen LogP contribution < -0.4 is 0 Å². The van der Waals surface area contributed by atoms with Crippen molar-refractivity contribution in [2.75, 3.05) is 32.2 Å². The van der Waals surface area contributed by atoms with Gasteiger partial charge in [-0.3, -0.25) is 4.79 Å². The lowest BCUT2D eigenvalue weighted by atomic mass is 9.85. The van der Waals surface area contributed by atoms with Crippen molar-refractivity contribution >= 4 is 17.5 Å². The average molecular weight is 298 g/mol. The molecule has 0 radical (unpaired) electrons. The van der Waals surface area contributed by atoms with Gasteiger partial charge in [0.2, 0.25) is 11.8 Å². The van der Waals surface area contributed by atoms with Gasteiger partial charge in [0.15, 0.2) is 0 Å². The highest BCUT2D eigenvalue weighted by Gasteiger charge is 2.40. The molecule has 0 N–H and O–H groups in total. The van der Waals surface area contributed by atoms with Crippen molar-refractivity contribution in [2.24, 2.45) is 5.92 Å². The number of carbonyl (C=O) groups is 1. The van der Waals surface area contributed by atoms with E-state index in [1.807, 2.05) is 6.92 Å². The van der Waals surface area contributed by atoms with Gasteiger partial charge in [0.05, 0.1) is 13.2 Å². The summed E-state index contributed by atoms with van der Waals surface area (Å²) in [6, 6.07) is 0. The van der Waals surface area contributed by atoms with Gasteiger partial charge in [-0.25, -0.2) is 8.78 Å². The average Bonchev–Trinajstić information content (AvgIpc) is 2.37. The Balaban J connectivity index is 2.43. The van der Waals surface area contributed by atoms with Crippen LogP contribution in [0.4, 0.5) is 8.78 Å². The molecule has 0 aromatic heterocycles. The van der Waals surface area contributed by atoms with Crippen LogP contribution in [-0.2, 0) is 9.53 Å². The fraction of sp³-hybridized carbons (Fsp3) is 0.923. The van der Waals surface area contributed by atoms with E-state index in [1.54, 1.807) is 4.90 Å². The van der Waals surface area contributed by atoms with Crippen molar-refractivity contribution < 1.29 is 18.3 Å². The monoisotopic (exact) mass is 297 g/mol. The maximum Gasteiger partial charge on any atom is 0.248 e. The smallest absolute Gasteiger partial charge is 0.248 e. The van der Waals surface area contributed by atoms with Crippen LogP contribution in [0, 0.1) is 5.92 Å². The maximum absolute atomic E-state index is 13.3. The summed E-state index contributed by atoms with van der Waals surface area (Å²) in [6.45, 7) is 3.64. The van der Waals surface area contributed by atoms with Crippen molar-refractivity contribution in [1.29, 1.82) is 0 Å². The van der Waals surface area contributed by atoms with Crippen LogP contribution in [0.3, 0.4) is 0 Å². The SMILES string of the molecule is CCN(CCOCCCl)C(=O)C1CCCC(F)(F)C1. The molecule has 19 heavy (non-hydrogen) atoms. The molecular weight excluding hydrogens is 276 g/mol. The third kappa shape index (κ3) is 5.61. The van der Waals surface area contributed by atoms with Gasteiger partial charge in [-0.15, -0.1) is 11.6 Å². The third-order valence-electron chi connectivity index (χ3n) is 3.41. The molecule has 1 saturated carbocycles. The summed E-state index contributed by atoms with van der Waals surface area (Å²) < 4.78 is 31.9. The molecule has 1 rings (SSSR count). The Kier molecular flexibility index (Phi) is 7.00. The molecule has 0 aromatic rings. The highest BCUT2D eigenvalue weighted by molar-refractivity contribution is 6.17. The van der Waals surface area contributed by atoms with Crippen LogP contribution in [0.1, 0.15) is 32.6 Å². The van der Waals surface area contributed by atoms with Crippen LogP contribution in [0.5, 0.6) is 0 Å². The molecule has 112 valence electrons. The van der Waals surface area contributed by atoms with Crippen molar-refractivity contribution in [3.63, 3.8) is 0 Å². The Morgan fingerprint density at radius 1 is 1.47 bits per heavy atom. The van der Waals surface area contributed by atoms with Gasteiger partial charge >= 0.3 is 0 Å². The number of ether oxygens (including phenoxy) is 1. The number of hydrogen-bond donors (Lipinski definition) is 0. The minimum Gasteiger partial charge on any atom is -0.378 e. The lowest BCUT2D eigenvalue weighted by Crippen LogP contribution is -2.42. The largest absolute Gasteiger partial charge is 0.378 e. The minimum absolute atomic E-state index is 0.0955. The third-order valence-corrected chi connectivity index (χ3v) is 3.56. The molecule has 0 aliphatic heterocycles. The molecule has 1 fully saturated rings. The van der Waals surface area contributed by atoms with Gasteiger partial charge in [-0.2, -0.15) is 0 Å². The first kappa shape index (κ1) is 16.6. The van der Waals surface area contributed by atoms with Crippen LogP contribution in [0.2, 0.25) is 0 Å². The molecule has 0 heterocycles. The van der Waals surface area contributed by atoms with Gasteiger partial charge in [-0.1, -0.05) is 0 Å². The molecule has 1 amide bonds. The lowest BCUT2D eigenvalue weighted by Gasteiger charge is -2.32. The minimum atomic E-state index is -2.69. The Labute approximate surface area is 118 Å². The van der Waals surface area contributed by atoms with Crippen LogP contribution >= 0.6 is 11.6 Å². The molecule has 6 heteroatoms. The molecule has 1 unspecified atom stereocenters. The fourth-order valence-electron chi connectivity index (χ4n) is 2.40. The molecule has 1 atom stereocenters. The zero-order valence-corrected chi connectivity index (χ0v) is 12.1. The molecule has 0 spiro atoms. The van der Waals surface area contributed by atoms with Crippen molar-refractivity contribution in [2.45, 2.75) is 38.5 Å². The highest BCUT2D eigenvalue weighted by atomic mass is 35.5. The van der Waals surface area contributed by atoms with E-state index in [2.05, 4.69) is 0 Å². The summed E-state index contributed by atoms with van der Waals surface area (Å²) in [5, 5.41) is 0. The van der Waals surface area contributed by atoms with E-state index in [1.165, 1.54) is 0 Å². The molecular formula is C13H22ClF2NO2. The van der Waals surface area contributed by atoms with Crippen LogP contribution in [-0.4, -0.2) is 48.9 Å². The Bertz CT molecular complexity index is 290. The number of hydrogen-bond acceptors (Lipinski definition) is 2. The summed E-state index contributed by atoms with van der Waals surface area (Å²) in [7, 11) is 0. The van der Waals surface area contributed by atoms with Gasteiger partial charge in [0.25, 0.3) is 0 Å². The summed E-state index contributed by atoms with van der Waals surface area (Å²) in [6.07, 6.45) is 0.573. The van der Waals surface area contributed by atoms with Crippen LogP contribution in [0.15, 0.2) is 0 Å². The predicted molar refractivity (Wildman–Crippen MR) is 70.7 cm³/mol. The van der Waals surface area contributed by atoms with E-state index in [0.29, 0.717) is 45.0 Å². The summed E-state index contributed by atoms with van der Waals surface area (Å²) in [5.41, 5.74) is 0. The second-order valence-electron chi connectivity index (χ2n) is 4.87. The van der Waals surface area contributed by atoms with E-state index in [-0.39, 0.29) is 18.7 Å². The van der Waals surface area contributed by atoms with Crippen LogP contribution in [0.25, 0.3) is 0 Å². The van der Waals surface area contributed by atoms with E-state index in [9.17, 15) is 13.6 Å².